The number of nitrogens with one attached hydrogen (secondary N) is 1. The van der Waals surface area contributed by atoms with Gasteiger partial charge in [-0.05, 0) is 60.8 Å². The maximum atomic E-state index is 13.7. The molecule has 0 unspecified atom stereocenters. The zero-order valence-corrected chi connectivity index (χ0v) is 23.5. The molecule has 0 heterocycles. The summed E-state index contributed by atoms with van der Waals surface area (Å²) in [6.07, 6.45) is -3.88. The average Bonchev–Trinajstić information content (AvgIpc) is 2.96. The van der Waals surface area contributed by atoms with Crippen LogP contribution in [0, 0.1) is 0 Å². The molecule has 7 heteroatoms. The lowest BCUT2D eigenvalue weighted by atomic mass is 9.82. The average molecular weight is 567 g/mol. The van der Waals surface area contributed by atoms with E-state index in [-0.39, 0.29) is 11.6 Å². The van der Waals surface area contributed by atoms with Crippen molar-refractivity contribution in [2.24, 2.45) is 0 Å². The normalized spacial score (nSPS) is 12.1. The van der Waals surface area contributed by atoms with Gasteiger partial charge < -0.3 is 10.1 Å². The molecule has 0 aliphatic carbocycles. The third kappa shape index (κ3) is 7.05. The fourth-order valence-corrected chi connectivity index (χ4v) is 5.33. The first-order valence-electron chi connectivity index (χ1n) is 13.3. The first kappa shape index (κ1) is 29.7. The van der Waals surface area contributed by atoms with Crippen LogP contribution in [0.15, 0.2) is 103 Å². The van der Waals surface area contributed by atoms with Gasteiger partial charge in [0.2, 0.25) is 0 Å². The van der Waals surface area contributed by atoms with Crippen molar-refractivity contribution in [3.8, 4) is 5.75 Å². The molecule has 3 nitrogen and oxygen atoms in total. The molecule has 0 fully saturated rings. The number of rotatable bonds is 12. The largest absolute Gasteiger partial charge is 0.494 e. The van der Waals surface area contributed by atoms with Crippen LogP contribution in [0.2, 0.25) is 5.02 Å². The second-order valence-corrected chi connectivity index (χ2v) is 10.3. The topological polar surface area (TPSA) is 24.5 Å². The van der Waals surface area contributed by atoms with Crippen molar-refractivity contribution in [1.29, 1.82) is 0 Å². The van der Waals surface area contributed by atoms with Crippen LogP contribution in [0.5, 0.6) is 5.75 Å². The van der Waals surface area contributed by atoms with E-state index in [1.54, 1.807) is 6.07 Å². The number of ether oxygens (including phenoxy) is 1. The van der Waals surface area contributed by atoms with Gasteiger partial charge in [-0.15, -0.1) is 0 Å². The Morgan fingerprint density at radius 2 is 1.45 bits per heavy atom. The van der Waals surface area contributed by atoms with Crippen molar-refractivity contribution in [2.75, 3.05) is 20.2 Å². The molecule has 0 bridgehead atoms. The summed E-state index contributed by atoms with van der Waals surface area (Å²) in [5, 5.41) is 2.88. The third-order valence-electron chi connectivity index (χ3n) is 7.17. The smallest absolute Gasteiger partial charge is 0.417 e. The molecule has 0 aliphatic heterocycles. The van der Waals surface area contributed by atoms with Gasteiger partial charge in [0.1, 0.15) is 5.75 Å². The Labute approximate surface area is 239 Å². The molecule has 0 saturated carbocycles. The van der Waals surface area contributed by atoms with Gasteiger partial charge in [0.25, 0.3) is 0 Å². The minimum Gasteiger partial charge on any atom is -0.494 e. The van der Waals surface area contributed by atoms with E-state index in [4.69, 9.17) is 16.3 Å². The Morgan fingerprint density at radius 3 is 2.05 bits per heavy atom. The van der Waals surface area contributed by atoms with Crippen molar-refractivity contribution in [3.05, 3.63) is 136 Å². The lowest BCUT2D eigenvalue weighted by Gasteiger charge is -2.43. The SMILES string of the molecule is CNCc1cccc(OCCCN(Cc2cccc(C(F)(F)F)c2Cl)C(C)(c2ccccc2)c2ccccc2)c1. The molecule has 0 aromatic heterocycles. The van der Waals surface area contributed by atoms with E-state index in [0.717, 1.165) is 35.1 Å². The molecular weight excluding hydrogens is 533 g/mol. The summed E-state index contributed by atoms with van der Waals surface area (Å²) in [5.74, 6) is 0.786. The molecule has 4 aromatic carbocycles. The Hall–Kier alpha value is -3.32. The zero-order valence-electron chi connectivity index (χ0n) is 22.7. The van der Waals surface area contributed by atoms with Crippen molar-refractivity contribution in [1.82, 2.24) is 10.2 Å². The number of halogens is 4. The van der Waals surface area contributed by atoms with Gasteiger partial charge in [-0.25, -0.2) is 0 Å². The molecule has 1 N–H and O–H groups in total. The van der Waals surface area contributed by atoms with Crippen LogP contribution in [0.3, 0.4) is 0 Å². The summed E-state index contributed by atoms with van der Waals surface area (Å²) < 4.78 is 47.2. The highest BCUT2D eigenvalue weighted by molar-refractivity contribution is 6.32. The van der Waals surface area contributed by atoms with E-state index in [1.807, 2.05) is 67.7 Å². The summed E-state index contributed by atoms with van der Waals surface area (Å²) in [4.78, 5) is 2.19. The number of hydrogen-bond acceptors (Lipinski definition) is 3. The molecule has 4 rings (SSSR count). The second kappa shape index (κ2) is 13.4. The predicted molar refractivity (Wildman–Crippen MR) is 156 cm³/mol. The summed E-state index contributed by atoms with van der Waals surface area (Å²) in [7, 11) is 1.90. The summed E-state index contributed by atoms with van der Waals surface area (Å²) in [5.41, 5.74) is 2.15. The van der Waals surface area contributed by atoms with Gasteiger partial charge in [0.15, 0.2) is 0 Å². The Bertz CT molecular complexity index is 1320. The lowest BCUT2D eigenvalue weighted by Crippen LogP contribution is -2.45. The second-order valence-electron chi connectivity index (χ2n) is 9.88. The maximum Gasteiger partial charge on any atom is 0.417 e. The molecule has 0 atom stereocenters. The highest BCUT2D eigenvalue weighted by Gasteiger charge is 2.37. The van der Waals surface area contributed by atoms with E-state index in [1.165, 1.54) is 6.07 Å². The monoisotopic (exact) mass is 566 g/mol. The molecular formula is C33H34ClF3N2O. The molecule has 40 heavy (non-hydrogen) atoms. The number of nitrogens with zero attached hydrogens (tertiary/aromatic N) is 1. The van der Waals surface area contributed by atoms with E-state index in [0.29, 0.717) is 25.1 Å². The first-order valence-corrected chi connectivity index (χ1v) is 13.7. The van der Waals surface area contributed by atoms with E-state index < -0.39 is 17.3 Å². The van der Waals surface area contributed by atoms with Gasteiger partial charge in [0, 0.05) is 19.6 Å². The quantitative estimate of drug-likeness (QED) is 0.175. The van der Waals surface area contributed by atoms with Gasteiger partial charge in [0.05, 0.1) is 22.7 Å². The van der Waals surface area contributed by atoms with E-state index in [2.05, 4.69) is 41.4 Å². The van der Waals surface area contributed by atoms with Crippen LogP contribution in [0.1, 0.15) is 41.2 Å². The standard InChI is InChI=1S/C33H34ClF3N2O/c1-32(27-14-5-3-6-15-27,28-16-7-4-8-17-28)39(24-26-13-10-19-30(31(26)34)33(35,36)37)20-11-21-40-29-18-9-12-25(22-29)23-38-2/h3-10,12-19,22,38H,11,20-21,23-24H2,1-2H3. The first-order chi connectivity index (χ1) is 19.2. The van der Waals surface area contributed by atoms with Gasteiger partial charge in [-0.3, -0.25) is 4.90 Å². The Balaban J connectivity index is 1.66. The van der Waals surface area contributed by atoms with Gasteiger partial charge in [-0.1, -0.05) is 96.5 Å². The Morgan fingerprint density at radius 1 is 0.825 bits per heavy atom. The van der Waals surface area contributed by atoms with Crippen molar-refractivity contribution < 1.29 is 17.9 Å². The number of alkyl halides is 3. The van der Waals surface area contributed by atoms with Crippen LogP contribution < -0.4 is 10.1 Å². The number of hydrogen-bond donors (Lipinski definition) is 1. The summed E-state index contributed by atoms with van der Waals surface area (Å²) in [6.45, 7) is 4.09. The molecule has 0 amide bonds. The van der Waals surface area contributed by atoms with Crippen molar-refractivity contribution >= 4 is 11.6 Å². The van der Waals surface area contributed by atoms with Crippen LogP contribution in [0.25, 0.3) is 0 Å². The molecule has 210 valence electrons. The van der Waals surface area contributed by atoms with Crippen molar-refractivity contribution in [2.45, 2.75) is 38.1 Å². The van der Waals surface area contributed by atoms with Crippen LogP contribution in [-0.2, 0) is 24.8 Å². The molecule has 4 aromatic rings. The van der Waals surface area contributed by atoms with Crippen LogP contribution in [-0.4, -0.2) is 25.1 Å². The molecule has 0 spiro atoms. The minimum atomic E-state index is -4.53. The van der Waals surface area contributed by atoms with Crippen molar-refractivity contribution in [3.63, 3.8) is 0 Å². The lowest BCUT2D eigenvalue weighted by molar-refractivity contribution is -0.137. The highest BCUT2D eigenvalue weighted by Crippen LogP contribution is 2.40. The zero-order chi connectivity index (χ0) is 28.6. The Kier molecular flexibility index (Phi) is 9.90. The van der Waals surface area contributed by atoms with E-state index >= 15 is 0 Å². The predicted octanol–water partition coefficient (Wildman–Crippen LogP) is 8.31. The minimum absolute atomic E-state index is 0.223. The molecule has 0 aliphatic rings. The number of benzene rings is 4. The fourth-order valence-electron chi connectivity index (χ4n) is 5.04. The maximum absolute atomic E-state index is 13.7. The fraction of sp³-hybridized carbons (Fsp3) is 0.273. The highest BCUT2D eigenvalue weighted by atomic mass is 35.5. The molecule has 0 radical (unpaired) electrons. The third-order valence-corrected chi connectivity index (χ3v) is 7.62. The molecule has 0 saturated heterocycles. The van der Waals surface area contributed by atoms with E-state index in [9.17, 15) is 13.2 Å². The summed E-state index contributed by atoms with van der Waals surface area (Å²) >= 11 is 6.38. The van der Waals surface area contributed by atoms with Crippen LogP contribution in [0.4, 0.5) is 13.2 Å². The van der Waals surface area contributed by atoms with Gasteiger partial charge >= 0.3 is 6.18 Å². The summed E-state index contributed by atoms with van der Waals surface area (Å²) in [6, 6.07) is 32.1. The van der Waals surface area contributed by atoms with Gasteiger partial charge in [-0.2, -0.15) is 13.2 Å². The van der Waals surface area contributed by atoms with Crippen LogP contribution >= 0.6 is 11.6 Å².